The van der Waals surface area contributed by atoms with Gasteiger partial charge in [-0.05, 0) is 19.9 Å². The molecule has 2 rings (SSSR count). The normalized spacial score (nSPS) is 25.2. The molecule has 4 nitrogen and oxygen atoms in total. The van der Waals surface area contributed by atoms with Gasteiger partial charge in [-0.25, -0.2) is 0 Å². The van der Waals surface area contributed by atoms with Crippen molar-refractivity contribution in [1.29, 1.82) is 5.26 Å². The third kappa shape index (κ3) is 2.67. The van der Waals surface area contributed by atoms with Gasteiger partial charge in [-0.15, -0.1) is 0 Å². The zero-order valence-corrected chi connectivity index (χ0v) is 11.3. The first kappa shape index (κ1) is 13.4. The predicted octanol–water partition coefficient (Wildman–Crippen LogP) is 1.62. The zero-order valence-electron chi connectivity index (χ0n) is 11.3. The number of nitrogens with zero attached hydrogens (tertiary/aromatic N) is 3. The number of rotatable bonds is 1. The number of carbonyl (C=O) groups excluding carboxylic acids is 1. The topological polar surface area (TPSA) is 47.3 Å². The predicted molar refractivity (Wildman–Crippen MR) is 69.8 cm³/mol. The number of nitriles is 1. The highest BCUT2D eigenvalue weighted by Crippen LogP contribution is 2.36. The Morgan fingerprint density at radius 1 is 1.06 bits per heavy atom. The van der Waals surface area contributed by atoms with Gasteiger partial charge in [-0.3, -0.25) is 4.79 Å². The van der Waals surface area contributed by atoms with Crippen molar-refractivity contribution in [3.8, 4) is 6.07 Å². The van der Waals surface area contributed by atoms with E-state index in [4.69, 9.17) is 0 Å². The van der Waals surface area contributed by atoms with Crippen molar-refractivity contribution in [2.45, 2.75) is 38.5 Å². The largest absolute Gasteiger partial charge is 0.339 e. The molecule has 0 aromatic heterocycles. The quantitative estimate of drug-likeness (QED) is 0.664. The standard InChI is InChI=1S/C14H23N3O/c1-16-8-10-17(11-9-16)13(18)14(12-15)6-4-2-3-5-7-14/h2-11H2,1H3. The average molecular weight is 249 g/mol. The molecule has 100 valence electrons. The molecule has 1 saturated heterocycles. The van der Waals surface area contributed by atoms with Crippen LogP contribution in [0.25, 0.3) is 0 Å². The van der Waals surface area contributed by atoms with Gasteiger partial charge in [0.1, 0.15) is 5.41 Å². The van der Waals surface area contributed by atoms with E-state index in [9.17, 15) is 10.1 Å². The minimum absolute atomic E-state index is 0.0972. The van der Waals surface area contributed by atoms with Gasteiger partial charge in [0.15, 0.2) is 0 Å². The fourth-order valence-corrected chi connectivity index (χ4v) is 3.02. The van der Waals surface area contributed by atoms with Crippen LogP contribution < -0.4 is 0 Å². The Kier molecular flexibility index (Phi) is 4.23. The monoisotopic (exact) mass is 249 g/mol. The van der Waals surface area contributed by atoms with Crippen LogP contribution in [0.5, 0.6) is 0 Å². The van der Waals surface area contributed by atoms with E-state index in [2.05, 4.69) is 18.0 Å². The number of hydrogen-bond acceptors (Lipinski definition) is 3. The molecule has 0 unspecified atom stereocenters. The first-order chi connectivity index (χ1) is 8.68. The molecule has 1 aliphatic carbocycles. The molecule has 2 aliphatic rings. The first-order valence-electron chi connectivity index (χ1n) is 7.07. The van der Waals surface area contributed by atoms with Crippen molar-refractivity contribution in [3.05, 3.63) is 0 Å². The molecule has 1 aliphatic heterocycles. The SMILES string of the molecule is CN1CCN(C(=O)C2(C#N)CCCCCC2)CC1. The second-order valence-corrected chi connectivity index (χ2v) is 5.70. The number of piperazine rings is 1. The van der Waals surface area contributed by atoms with Gasteiger partial charge in [-0.2, -0.15) is 5.26 Å². The Hall–Kier alpha value is -1.08. The zero-order chi connectivity index (χ0) is 13.0. The van der Waals surface area contributed by atoms with Crippen LogP contribution in [0.1, 0.15) is 38.5 Å². The maximum Gasteiger partial charge on any atom is 0.243 e. The molecular formula is C14H23N3O. The Labute approximate surface area is 110 Å². The number of amides is 1. The van der Waals surface area contributed by atoms with Crippen molar-refractivity contribution in [2.75, 3.05) is 33.2 Å². The van der Waals surface area contributed by atoms with Crippen LogP contribution in [0.2, 0.25) is 0 Å². The molecule has 0 radical (unpaired) electrons. The lowest BCUT2D eigenvalue weighted by Gasteiger charge is -2.37. The Balaban J connectivity index is 2.07. The van der Waals surface area contributed by atoms with Crippen molar-refractivity contribution in [3.63, 3.8) is 0 Å². The van der Waals surface area contributed by atoms with Crippen LogP contribution in [0.15, 0.2) is 0 Å². The number of likely N-dealkylation sites (N-methyl/N-ethyl adjacent to an activating group) is 1. The van der Waals surface area contributed by atoms with E-state index in [-0.39, 0.29) is 5.91 Å². The van der Waals surface area contributed by atoms with E-state index in [0.29, 0.717) is 0 Å². The van der Waals surface area contributed by atoms with Gasteiger partial charge in [0.2, 0.25) is 5.91 Å². The lowest BCUT2D eigenvalue weighted by atomic mass is 9.80. The fraction of sp³-hybridized carbons (Fsp3) is 0.857. The highest BCUT2D eigenvalue weighted by atomic mass is 16.2. The van der Waals surface area contributed by atoms with Crippen molar-refractivity contribution >= 4 is 5.91 Å². The summed E-state index contributed by atoms with van der Waals surface area (Å²) in [6.45, 7) is 3.40. The molecule has 0 aromatic rings. The third-order valence-electron chi connectivity index (χ3n) is 4.37. The van der Waals surface area contributed by atoms with E-state index in [1.54, 1.807) is 0 Å². The molecule has 1 heterocycles. The Morgan fingerprint density at radius 3 is 2.11 bits per heavy atom. The highest BCUT2D eigenvalue weighted by molar-refractivity contribution is 5.85. The minimum Gasteiger partial charge on any atom is -0.339 e. The second-order valence-electron chi connectivity index (χ2n) is 5.70. The maximum atomic E-state index is 12.7. The van der Waals surface area contributed by atoms with Crippen molar-refractivity contribution in [1.82, 2.24) is 9.80 Å². The summed E-state index contributed by atoms with van der Waals surface area (Å²) >= 11 is 0. The second kappa shape index (κ2) is 5.71. The summed E-state index contributed by atoms with van der Waals surface area (Å²) in [6, 6.07) is 2.36. The van der Waals surface area contributed by atoms with Crippen LogP contribution >= 0.6 is 0 Å². The summed E-state index contributed by atoms with van der Waals surface area (Å²) in [6.07, 6.45) is 5.89. The maximum absolute atomic E-state index is 12.7. The molecule has 0 bridgehead atoms. The summed E-state index contributed by atoms with van der Waals surface area (Å²) in [5, 5.41) is 9.51. The molecule has 0 spiro atoms. The molecule has 1 amide bonds. The molecule has 0 aromatic carbocycles. The lowest BCUT2D eigenvalue weighted by Crippen LogP contribution is -2.52. The minimum atomic E-state index is -0.716. The summed E-state index contributed by atoms with van der Waals surface area (Å²) in [7, 11) is 2.08. The van der Waals surface area contributed by atoms with Crippen molar-refractivity contribution < 1.29 is 4.79 Å². The molecule has 1 saturated carbocycles. The highest BCUT2D eigenvalue weighted by Gasteiger charge is 2.42. The summed E-state index contributed by atoms with van der Waals surface area (Å²) < 4.78 is 0. The fourth-order valence-electron chi connectivity index (χ4n) is 3.02. The smallest absolute Gasteiger partial charge is 0.243 e. The van der Waals surface area contributed by atoms with E-state index >= 15 is 0 Å². The average Bonchev–Trinajstić information content (AvgIpc) is 2.65. The van der Waals surface area contributed by atoms with E-state index in [1.807, 2.05) is 4.90 Å². The van der Waals surface area contributed by atoms with E-state index in [1.165, 1.54) is 12.8 Å². The lowest BCUT2D eigenvalue weighted by molar-refractivity contribution is -0.141. The Morgan fingerprint density at radius 2 is 1.61 bits per heavy atom. The number of hydrogen-bond donors (Lipinski definition) is 0. The molecule has 2 fully saturated rings. The first-order valence-corrected chi connectivity index (χ1v) is 7.07. The molecule has 0 N–H and O–H groups in total. The van der Waals surface area contributed by atoms with E-state index in [0.717, 1.165) is 51.9 Å². The number of carbonyl (C=O) groups is 1. The van der Waals surface area contributed by atoms with Crippen LogP contribution in [-0.4, -0.2) is 48.9 Å². The van der Waals surface area contributed by atoms with Gasteiger partial charge < -0.3 is 9.80 Å². The molecule has 4 heteroatoms. The van der Waals surface area contributed by atoms with Crippen LogP contribution in [0, 0.1) is 16.7 Å². The van der Waals surface area contributed by atoms with E-state index < -0.39 is 5.41 Å². The van der Waals surface area contributed by atoms with Crippen molar-refractivity contribution in [2.24, 2.45) is 5.41 Å². The third-order valence-corrected chi connectivity index (χ3v) is 4.37. The summed E-state index contributed by atoms with van der Waals surface area (Å²) in [5.74, 6) is 0.0972. The van der Waals surface area contributed by atoms with Gasteiger partial charge in [0.25, 0.3) is 0 Å². The van der Waals surface area contributed by atoms with Crippen LogP contribution in [0.3, 0.4) is 0 Å². The van der Waals surface area contributed by atoms with Gasteiger partial charge in [0, 0.05) is 26.2 Å². The van der Waals surface area contributed by atoms with Crippen LogP contribution in [0.4, 0.5) is 0 Å². The molecular weight excluding hydrogens is 226 g/mol. The van der Waals surface area contributed by atoms with Crippen LogP contribution in [-0.2, 0) is 4.79 Å². The summed E-state index contributed by atoms with van der Waals surface area (Å²) in [5.41, 5.74) is -0.716. The summed E-state index contributed by atoms with van der Waals surface area (Å²) in [4.78, 5) is 16.8. The van der Waals surface area contributed by atoms with Gasteiger partial charge >= 0.3 is 0 Å². The van der Waals surface area contributed by atoms with Gasteiger partial charge in [-0.1, -0.05) is 25.7 Å². The molecule has 18 heavy (non-hydrogen) atoms. The van der Waals surface area contributed by atoms with Gasteiger partial charge in [0.05, 0.1) is 6.07 Å². The molecule has 0 atom stereocenters. The Bertz CT molecular complexity index is 331.